The number of halogens is 1. The number of hydrogen-bond donors (Lipinski definition) is 1. The number of fused-ring (bicyclic) bond motifs is 1. The monoisotopic (exact) mass is 466 g/mol. The first-order valence-corrected chi connectivity index (χ1v) is 12.2. The van der Waals surface area contributed by atoms with Crippen molar-refractivity contribution in [3.05, 3.63) is 72.0 Å². The molecular weight excluding hydrogens is 443 g/mol. The second-order valence-corrected chi connectivity index (χ2v) is 10.1. The summed E-state index contributed by atoms with van der Waals surface area (Å²) in [4.78, 5) is 0.319. The van der Waals surface area contributed by atoms with Crippen molar-refractivity contribution < 1.29 is 12.8 Å². The van der Waals surface area contributed by atoms with Gasteiger partial charge in [-0.1, -0.05) is 29.8 Å². The molecule has 0 amide bonds. The highest BCUT2D eigenvalue weighted by Crippen LogP contribution is 2.24. The second kappa shape index (κ2) is 8.53. The number of nitrogens with one attached hydrogen (secondary N) is 1. The Morgan fingerprint density at radius 2 is 1.70 bits per heavy atom. The predicted molar refractivity (Wildman–Crippen MR) is 123 cm³/mol. The number of anilines is 1. The van der Waals surface area contributed by atoms with Crippen LogP contribution in [0.15, 0.2) is 65.6 Å². The van der Waals surface area contributed by atoms with Gasteiger partial charge in [-0.05, 0) is 56.2 Å². The molecule has 0 aliphatic carbocycles. The van der Waals surface area contributed by atoms with Crippen molar-refractivity contribution in [3.8, 4) is 11.4 Å². The van der Waals surface area contributed by atoms with Crippen molar-refractivity contribution in [2.75, 3.05) is 18.4 Å². The van der Waals surface area contributed by atoms with Crippen LogP contribution in [0.25, 0.3) is 17.0 Å². The molecule has 10 heteroatoms. The van der Waals surface area contributed by atoms with Crippen LogP contribution in [-0.4, -0.2) is 51.7 Å². The normalized spacial score (nSPS) is 15.7. The van der Waals surface area contributed by atoms with Gasteiger partial charge in [0.2, 0.25) is 10.0 Å². The lowest BCUT2D eigenvalue weighted by molar-refractivity contribution is 0.329. The van der Waals surface area contributed by atoms with Crippen LogP contribution in [0.2, 0.25) is 0 Å². The van der Waals surface area contributed by atoms with E-state index in [9.17, 15) is 12.8 Å². The van der Waals surface area contributed by atoms with E-state index in [1.807, 2.05) is 19.1 Å². The van der Waals surface area contributed by atoms with Crippen molar-refractivity contribution >= 4 is 21.5 Å². The fourth-order valence-corrected chi connectivity index (χ4v) is 5.46. The van der Waals surface area contributed by atoms with Gasteiger partial charge in [0.05, 0.1) is 10.5 Å². The van der Waals surface area contributed by atoms with E-state index in [-0.39, 0.29) is 6.04 Å². The molecule has 170 valence electrons. The van der Waals surface area contributed by atoms with Gasteiger partial charge in [-0.25, -0.2) is 12.8 Å². The summed E-state index contributed by atoms with van der Waals surface area (Å²) < 4.78 is 43.1. The highest BCUT2D eigenvalue weighted by atomic mass is 32.2. The predicted octanol–water partition coefficient (Wildman–Crippen LogP) is 3.50. The van der Waals surface area contributed by atoms with Gasteiger partial charge in [0.15, 0.2) is 11.5 Å². The van der Waals surface area contributed by atoms with Crippen LogP contribution in [0.4, 0.5) is 10.2 Å². The summed E-state index contributed by atoms with van der Waals surface area (Å²) in [6, 6.07) is 16.9. The second-order valence-electron chi connectivity index (χ2n) is 8.13. The Labute approximate surface area is 191 Å². The van der Waals surface area contributed by atoms with Gasteiger partial charge in [-0.3, -0.25) is 0 Å². The molecule has 1 aliphatic heterocycles. The number of nitrogens with zero attached hydrogens (tertiary/aromatic N) is 5. The number of benzene rings is 2. The van der Waals surface area contributed by atoms with Crippen molar-refractivity contribution in [3.63, 3.8) is 0 Å². The van der Waals surface area contributed by atoms with E-state index < -0.39 is 15.8 Å². The van der Waals surface area contributed by atoms with Gasteiger partial charge >= 0.3 is 0 Å². The molecule has 5 rings (SSSR count). The number of aromatic nitrogens is 4. The lowest BCUT2D eigenvalue weighted by Gasteiger charge is -2.31. The van der Waals surface area contributed by atoms with E-state index in [1.54, 1.807) is 42.5 Å². The Morgan fingerprint density at radius 1 is 0.970 bits per heavy atom. The average Bonchev–Trinajstić information content (AvgIpc) is 3.23. The SMILES string of the molecule is Cc1ccc(S(=O)(=O)N2CCC(Nc3ccc4nnc(-c5ccccc5F)n4n3)CC2)cc1. The number of piperidine rings is 1. The van der Waals surface area contributed by atoms with Crippen molar-refractivity contribution in [1.82, 2.24) is 24.1 Å². The minimum atomic E-state index is -3.50. The van der Waals surface area contributed by atoms with Crippen molar-refractivity contribution in [2.24, 2.45) is 0 Å². The molecule has 1 fully saturated rings. The first kappa shape index (κ1) is 21.5. The fourth-order valence-electron chi connectivity index (χ4n) is 3.99. The van der Waals surface area contributed by atoms with Crippen molar-refractivity contribution in [2.45, 2.75) is 30.7 Å². The standard InChI is InChI=1S/C23H23FN6O2S/c1-16-6-8-18(9-7-16)33(31,32)29-14-12-17(13-15-29)25-21-10-11-22-26-27-23(30(22)28-21)19-4-2-3-5-20(19)24/h2-11,17H,12-15H2,1H3,(H,25,28). The molecule has 3 heterocycles. The first-order valence-electron chi connectivity index (χ1n) is 10.7. The molecule has 0 atom stereocenters. The zero-order valence-corrected chi connectivity index (χ0v) is 18.8. The van der Waals surface area contributed by atoms with Crippen LogP contribution in [0.1, 0.15) is 18.4 Å². The van der Waals surface area contributed by atoms with Gasteiger partial charge in [0.1, 0.15) is 11.6 Å². The maximum Gasteiger partial charge on any atom is 0.243 e. The lowest BCUT2D eigenvalue weighted by atomic mass is 10.1. The van der Waals surface area contributed by atoms with Crippen LogP contribution in [0, 0.1) is 12.7 Å². The molecule has 2 aromatic heterocycles. The van der Waals surface area contributed by atoms with E-state index in [1.165, 1.54) is 14.9 Å². The molecule has 4 aromatic rings. The molecule has 0 radical (unpaired) electrons. The van der Waals surface area contributed by atoms with Crippen LogP contribution in [0.3, 0.4) is 0 Å². The Morgan fingerprint density at radius 3 is 2.42 bits per heavy atom. The maximum absolute atomic E-state index is 14.3. The Balaban J connectivity index is 1.30. The molecule has 2 aromatic carbocycles. The molecule has 1 N–H and O–H groups in total. The number of aryl methyl sites for hydroxylation is 1. The van der Waals surface area contributed by atoms with Gasteiger partial charge in [-0.15, -0.1) is 15.3 Å². The molecule has 0 saturated carbocycles. The zero-order chi connectivity index (χ0) is 23.0. The molecule has 8 nitrogen and oxygen atoms in total. The van der Waals surface area contributed by atoms with Crippen LogP contribution < -0.4 is 5.32 Å². The van der Waals surface area contributed by atoms with Gasteiger partial charge < -0.3 is 5.32 Å². The summed E-state index contributed by atoms with van der Waals surface area (Å²) >= 11 is 0. The van der Waals surface area contributed by atoms with Gasteiger partial charge in [0, 0.05) is 19.1 Å². The van der Waals surface area contributed by atoms with E-state index >= 15 is 0 Å². The van der Waals surface area contributed by atoms with E-state index in [0.29, 0.717) is 53.7 Å². The molecule has 33 heavy (non-hydrogen) atoms. The minimum absolute atomic E-state index is 0.0628. The smallest absolute Gasteiger partial charge is 0.243 e. The third-order valence-corrected chi connectivity index (χ3v) is 7.76. The first-order chi connectivity index (χ1) is 15.9. The lowest BCUT2D eigenvalue weighted by Crippen LogP contribution is -2.42. The molecule has 0 spiro atoms. The van der Waals surface area contributed by atoms with Gasteiger partial charge in [-0.2, -0.15) is 8.82 Å². The quantitative estimate of drug-likeness (QED) is 0.484. The molecule has 1 aliphatic rings. The topological polar surface area (TPSA) is 92.5 Å². The summed E-state index contributed by atoms with van der Waals surface area (Å²) in [6.45, 7) is 2.77. The highest BCUT2D eigenvalue weighted by molar-refractivity contribution is 7.89. The minimum Gasteiger partial charge on any atom is -0.366 e. The summed E-state index contributed by atoms with van der Waals surface area (Å²) in [5.41, 5.74) is 1.86. The Hall–Kier alpha value is -3.37. The van der Waals surface area contributed by atoms with Crippen LogP contribution in [0.5, 0.6) is 0 Å². The van der Waals surface area contributed by atoms with Gasteiger partial charge in [0.25, 0.3) is 0 Å². The largest absolute Gasteiger partial charge is 0.366 e. The number of rotatable bonds is 5. The Bertz CT molecular complexity index is 1400. The zero-order valence-electron chi connectivity index (χ0n) is 18.0. The Kier molecular flexibility index (Phi) is 5.55. The fraction of sp³-hybridized carbons (Fsp3) is 0.261. The van der Waals surface area contributed by atoms with E-state index in [0.717, 1.165) is 5.56 Å². The molecule has 0 unspecified atom stereocenters. The number of hydrogen-bond acceptors (Lipinski definition) is 6. The van der Waals surface area contributed by atoms with Crippen LogP contribution >= 0.6 is 0 Å². The summed E-state index contributed by atoms with van der Waals surface area (Å²) in [7, 11) is -3.50. The third-order valence-electron chi connectivity index (χ3n) is 5.84. The third kappa shape index (κ3) is 4.19. The summed E-state index contributed by atoms with van der Waals surface area (Å²) in [5.74, 6) is 0.527. The number of sulfonamides is 1. The summed E-state index contributed by atoms with van der Waals surface area (Å²) in [6.07, 6.45) is 1.29. The van der Waals surface area contributed by atoms with E-state index in [2.05, 4.69) is 20.6 Å². The van der Waals surface area contributed by atoms with Crippen molar-refractivity contribution in [1.29, 1.82) is 0 Å². The molecular formula is C23H23FN6O2S. The summed E-state index contributed by atoms with van der Waals surface area (Å²) in [5, 5.41) is 16.1. The van der Waals surface area contributed by atoms with E-state index in [4.69, 9.17) is 0 Å². The average molecular weight is 467 g/mol. The highest BCUT2D eigenvalue weighted by Gasteiger charge is 2.29. The van der Waals surface area contributed by atoms with Crippen LogP contribution in [-0.2, 0) is 10.0 Å². The molecule has 0 bridgehead atoms. The maximum atomic E-state index is 14.3. The molecule has 1 saturated heterocycles.